The van der Waals surface area contributed by atoms with E-state index in [0.29, 0.717) is 17.9 Å². The number of hydrogen-bond donors (Lipinski definition) is 1. The summed E-state index contributed by atoms with van der Waals surface area (Å²) < 4.78 is 5.59. The van der Waals surface area contributed by atoms with E-state index in [1.807, 2.05) is 19.3 Å². The number of benzene rings is 1. The van der Waals surface area contributed by atoms with E-state index in [-0.39, 0.29) is 0 Å². The molecule has 2 aliphatic rings. The lowest BCUT2D eigenvalue weighted by Gasteiger charge is -2.38. The Labute approximate surface area is 173 Å². The highest BCUT2D eigenvalue weighted by atomic mass is 16.5. The fourth-order valence-electron chi connectivity index (χ4n) is 4.74. The number of rotatable bonds is 4. The van der Waals surface area contributed by atoms with Crippen molar-refractivity contribution >= 4 is 11.5 Å². The number of aliphatic imine (C=N–C) groups is 2. The van der Waals surface area contributed by atoms with Gasteiger partial charge < -0.3 is 10.5 Å². The van der Waals surface area contributed by atoms with Crippen molar-refractivity contribution in [2.75, 3.05) is 7.11 Å². The average molecular weight is 391 g/mol. The van der Waals surface area contributed by atoms with E-state index in [4.69, 9.17) is 20.5 Å². The van der Waals surface area contributed by atoms with Crippen LogP contribution in [0.2, 0.25) is 0 Å². The Morgan fingerprint density at radius 3 is 2.34 bits per heavy atom. The minimum atomic E-state index is -0.635. The Hall–Kier alpha value is -2.53. The molecule has 2 aromatic rings. The number of hydrogen-bond acceptors (Lipinski definition) is 5. The van der Waals surface area contributed by atoms with E-state index in [1.54, 1.807) is 7.11 Å². The monoisotopic (exact) mass is 390 g/mol. The Balaban J connectivity index is 1.81. The third-order valence-corrected chi connectivity index (χ3v) is 6.42. The summed E-state index contributed by atoms with van der Waals surface area (Å²) in [4.78, 5) is 14.5. The maximum Gasteiger partial charge on any atom is 0.181 e. The summed E-state index contributed by atoms with van der Waals surface area (Å²) in [7, 11) is 1.80. The second kappa shape index (κ2) is 7.71. The van der Waals surface area contributed by atoms with Crippen LogP contribution in [0.4, 0.5) is 0 Å². The molecule has 0 saturated heterocycles. The van der Waals surface area contributed by atoms with Gasteiger partial charge in [-0.1, -0.05) is 12.1 Å². The quantitative estimate of drug-likeness (QED) is 0.832. The molecule has 0 bridgehead atoms. The predicted molar refractivity (Wildman–Crippen MR) is 118 cm³/mol. The number of ether oxygens (including phenoxy) is 1. The van der Waals surface area contributed by atoms with E-state index in [1.165, 1.54) is 5.56 Å². The molecule has 29 heavy (non-hydrogen) atoms. The Bertz CT molecular complexity index is 953. The number of aryl methyl sites for hydroxylation is 2. The van der Waals surface area contributed by atoms with Gasteiger partial charge in [0.25, 0.3) is 0 Å². The minimum Gasteiger partial charge on any atom is -0.382 e. The third kappa shape index (κ3) is 3.60. The smallest absolute Gasteiger partial charge is 0.181 e. The van der Waals surface area contributed by atoms with E-state index in [0.717, 1.165) is 53.6 Å². The molecule has 0 spiro atoms. The summed E-state index contributed by atoms with van der Waals surface area (Å²) in [5, 5.41) is 0. The maximum absolute atomic E-state index is 6.25. The Morgan fingerprint density at radius 1 is 0.966 bits per heavy atom. The molecular weight excluding hydrogens is 360 g/mol. The highest BCUT2D eigenvalue weighted by Crippen LogP contribution is 2.47. The summed E-state index contributed by atoms with van der Waals surface area (Å²) in [6.45, 7) is 6.17. The summed E-state index contributed by atoms with van der Waals surface area (Å²) in [5.41, 5.74) is 12.2. The fraction of sp³-hybridized carbons (Fsp3) is 0.458. The zero-order valence-electron chi connectivity index (χ0n) is 17.8. The maximum atomic E-state index is 6.25. The molecule has 5 heteroatoms. The molecule has 1 aromatic heterocycles. The summed E-state index contributed by atoms with van der Waals surface area (Å²) in [5.74, 6) is 0.871. The largest absolute Gasteiger partial charge is 0.382 e. The molecule has 1 aliphatic carbocycles. The molecule has 152 valence electrons. The molecule has 1 atom stereocenters. The lowest BCUT2D eigenvalue weighted by atomic mass is 9.74. The summed E-state index contributed by atoms with van der Waals surface area (Å²) >= 11 is 0. The van der Waals surface area contributed by atoms with Crippen LogP contribution in [0, 0.1) is 19.8 Å². The van der Waals surface area contributed by atoms with Crippen molar-refractivity contribution in [1.29, 1.82) is 0 Å². The van der Waals surface area contributed by atoms with Crippen LogP contribution in [0.25, 0.3) is 11.1 Å². The van der Waals surface area contributed by atoms with Crippen molar-refractivity contribution in [3.05, 3.63) is 53.3 Å². The van der Waals surface area contributed by atoms with Gasteiger partial charge in [0.1, 0.15) is 5.84 Å². The van der Waals surface area contributed by atoms with Crippen molar-refractivity contribution in [3.8, 4) is 11.1 Å². The molecule has 5 nitrogen and oxygen atoms in total. The number of nitrogens with zero attached hydrogens (tertiary/aromatic N) is 3. The lowest BCUT2D eigenvalue weighted by molar-refractivity contribution is 0.0426. The molecule has 1 aromatic carbocycles. The number of pyridine rings is 1. The predicted octanol–water partition coefficient (Wildman–Crippen LogP) is 4.56. The first kappa shape index (κ1) is 19.8. The van der Waals surface area contributed by atoms with Gasteiger partial charge in [-0.05, 0) is 75.3 Å². The van der Waals surface area contributed by atoms with Crippen molar-refractivity contribution in [3.63, 3.8) is 0 Å². The first-order chi connectivity index (χ1) is 13.9. The first-order valence-electron chi connectivity index (χ1n) is 10.4. The molecule has 1 unspecified atom stereocenters. The molecule has 1 fully saturated rings. The second-order valence-corrected chi connectivity index (χ2v) is 8.41. The van der Waals surface area contributed by atoms with Gasteiger partial charge in [-0.2, -0.15) is 0 Å². The molecule has 0 amide bonds. The van der Waals surface area contributed by atoms with Gasteiger partial charge in [0.15, 0.2) is 5.66 Å². The zero-order valence-corrected chi connectivity index (χ0v) is 17.8. The van der Waals surface area contributed by atoms with Crippen LogP contribution in [-0.4, -0.2) is 29.7 Å². The van der Waals surface area contributed by atoms with Crippen molar-refractivity contribution in [2.45, 2.75) is 58.2 Å². The average Bonchev–Trinajstić information content (AvgIpc) is 3.03. The number of methoxy groups -OCH3 is 1. The van der Waals surface area contributed by atoms with Gasteiger partial charge in [0, 0.05) is 36.5 Å². The lowest BCUT2D eigenvalue weighted by Crippen LogP contribution is -2.36. The van der Waals surface area contributed by atoms with Crippen molar-refractivity contribution < 1.29 is 4.74 Å². The topological polar surface area (TPSA) is 72.9 Å². The van der Waals surface area contributed by atoms with E-state index in [9.17, 15) is 0 Å². The van der Waals surface area contributed by atoms with Crippen LogP contribution >= 0.6 is 0 Å². The van der Waals surface area contributed by atoms with Gasteiger partial charge in [0.05, 0.1) is 11.8 Å². The van der Waals surface area contributed by atoms with Crippen LogP contribution in [0.5, 0.6) is 0 Å². The Morgan fingerprint density at radius 2 is 1.72 bits per heavy atom. The van der Waals surface area contributed by atoms with Crippen molar-refractivity contribution in [1.82, 2.24) is 4.98 Å². The molecule has 2 N–H and O–H groups in total. The van der Waals surface area contributed by atoms with Crippen LogP contribution in [-0.2, 0) is 10.4 Å². The molecule has 4 rings (SSSR count). The van der Waals surface area contributed by atoms with E-state index >= 15 is 0 Å². The number of aromatic nitrogens is 1. The van der Waals surface area contributed by atoms with Gasteiger partial charge in [-0.3, -0.25) is 9.98 Å². The molecule has 0 radical (unpaired) electrons. The highest BCUT2D eigenvalue weighted by molar-refractivity contribution is 6.41. The van der Waals surface area contributed by atoms with Crippen LogP contribution in [0.1, 0.15) is 49.3 Å². The molecule has 2 heterocycles. The van der Waals surface area contributed by atoms with Crippen LogP contribution < -0.4 is 5.73 Å². The normalized spacial score (nSPS) is 26.9. The highest BCUT2D eigenvalue weighted by Gasteiger charge is 2.46. The molecular formula is C24H30N4O. The van der Waals surface area contributed by atoms with E-state index < -0.39 is 5.66 Å². The summed E-state index contributed by atoms with van der Waals surface area (Å²) in [6.07, 6.45) is 8.26. The fourth-order valence-corrected chi connectivity index (χ4v) is 4.74. The van der Waals surface area contributed by atoms with Gasteiger partial charge in [0.2, 0.25) is 0 Å². The third-order valence-electron chi connectivity index (χ3n) is 6.42. The summed E-state index contributed by atoms with van der Waals surface area (Å²) in [6, 6.07) is 8.74. The first-order valence-corrected chi connectivity index (χ1v) is 10.4. The van der Waals surface area contributed by atoms with Crippen LogP contribution in [0.3, 0.4) is 0 Å². The van der Waals surface area contributed by atoms with Gasteiger partial charge >= 0.3 is 0 Å². The standard InChI is InChI=1S/C24H30N4O/c1-15-11-19(14-26-13-15)18-6-5-16(2)22(12-18)24(27-17(3)23(25)28-24)20-7-9-21(29-4)10-8-20/h5-6,11-14,20-21H,7-10H2,1-4H3,(H2,25,28). The number of nitrogens with two attached hydrogens (primary N) is 1. The number of amidine groups is 1. The second-order valence-electron chi connectivity index (χ2n) is 8.41. The minimum absolute atomic E-state index is 0.314. The molecule has 1 saturated carbocycles. The van der Waals surface area contributed by atoms with Crippen molar-refractivity contribution in [2.24, 2.45) is 21.6 Å². The van der Waals surface area contributed by atoms with Gasteiger partial charge in [-0.15, -0.1) is 0 Å². The zero-order chi connectivity index (χ0) is 20.6. The van der Waals surface area contributed by atoms with E-state index in [2.05, 4.69) is 43.1 Å². The Kier molecular flexibility index (Phi) is 5.26. The molecule has 1 aliphatic heterocycles. The van der Waals surface area contributed by atoms with Gasteiger partial charge in [-0.25, -0.2) is 4.99 Å². The SMILES string of the molecule is COC1CCC(C2(c3cc(-c4cncc(C)c4)ccc3C)N=C(C)C(N)=N2)CC1. The van der Waals surface area contributed by atoms with Crippen LogP contribution in [0.15, 0.2) is 46.6 Å².